The molecule has 2 aromatic heterocycles. The number of halogens is 1. The minimum absolute atomic E-state index is 0.0972. The van der Waals surface area contributed by atoms with Gasteiger partial charge in [0.15, 0.2) is 5.82 Å². The second kappa shape index (κ2) is 13.3. The minimum atomic E-state index is -1.24. The molecule has 0 unspecified atom stereocenters. The van der Waals surface area contributed by atoms with Crippen LogP contribution in [0, 0.1) is 5.92 Å². The van der Waals surface area contributed by atoms with E-state index in [4.69, 9.17) is 9.47 Å². The highest BCUT2D eigenvalue weighted by Crippen LogP contribution is 2.24. The summed E-state index contributed by atoms with van der Waals surface area (Å²) in [7, 11) is 3.61. The molecule has 2 atom stereocenters. The van der Waals surface area contributed by atoms with Gasteiger partial charge in [-0.25, -0.2) is 28.9 Å². The normalized spacial score (nSPS) is 20.3. The Hall–Kier alpha value is -3.81. The van der Waals surface area contributed by atoms with Gasteiger partial charge in [0.05, 0.1) is 25.0 Å². The van der Waals surface area contributed by atoms with E-state index in [1.807, 2.05) is 6.92 Å². The number of piperidine rings is 2. The van der Waals surface area contributed by atoms with Gasteiger partial charge in [0.25, 0.3) is 0 Å². The first-order valence-electron chi connectivity index (χ1n) is 13.2. The molecule has 2 aliphatic heterocycles. The fourth-order valence-corrected chi connectivity index (χ4v) is 4.57. The van der Waals surface area contributed by atoms with E-state index in [9.17, 15) is 14.0 Å². The second-order valence-electron chi connectivity index (χ2n) is 9.74. The van der Waals surface area contributed by atoms with Crippen LogP contribution >= 0.6 is 0 Å². The molecule has 0 saturated carbocycles. The van der Waals surface area contributed by atoms with Gasteiger partial charge >= 0.3 is 12.1 Å². The number of urea groups is 1. The highest BCUT2D eigenvalue weighted by molar-refractivity contribution is 5.88. The van der Waals surface area contributed by atoms with Crippen LogP contribution in [0.15, 0.2) is 24.7 Å². The Balaban J connectivity index is 1.31. The van der Waals surface area contributed by atoms with Crippen molar-refractivity contribution >= 4 is 23.9 Å². The van der Waals surface area contributed by atoms with Crippen LogP contribution in [-0.4, -0.2) is 107 Å². The topological polar surface area (TPSA) is 138 Å². The van der Waals surface area contributed by atoms with Gasteiger partial charge < -0.3 is 29.5 Å². The van der Waals surface area contributed by atoms with Crippen LogP contribution < -0.4 is 25.0 Å². The molecule has 0 spiro atoms. The van der Waals surface area contributed by atoms with Crippen molar-refractivity contribution in [3.63, 3.8) is 0 Å². The third kappa shape index (κ3) is 7.85. The van der Waals surface area contributed by atoms with Gasteiger partial charge in [0, 0.05) is 38.9 Å². The number of likely N-dealkylation sites (tertiary alicyclic amines) is 1. The van der Waals surface area contributed by atoms with Gasteiger partial charge in [-0.1, -0.05) is 0 Å². The highest BCUT2D eigenvalue weighted by atomic mass is 19.1. The van der Waals surface area contributed by atoms with Crippen LogP contribution in [0.4, 0.5) is 25.7 Å². The Morgan fingerprint density at radius 3 is 2.64 bits per heavy atom. The third-order valence-corrected chi connectivity index (χ3v) is 6.94. The number of carbonyl (C=O) groups excluding carboxylic acids is 2. The first-order valence-corrected chi connectivity index (χ1v) is 13.2. The number of rotatable bonds is 8. The molecule has 4 heterocycles. The number of nitrogens with one attached hydrogen (secondary N) is 2. The molecule has 2 N–H and O–H groups in total. The van der Waals surface area contributed by atoms with Crippen molar-refractivity contribution in [2.45, 2.75) is 38.4 Å². The zero-order chi connectivity index (χ0) is 27.8. The number of ether oxygens (including phenoxy) is 2. The van der Waals surface area contributed by atoms with Crippen LogP contribution in [-0.2, 0) is 0 Å². The zero-order valence-corrected chi connectivity index (χ0v) is 22.5. The Labute approximate surface area is 227 Å². The average molecular weight is 546 g/mol. The summed E-state index contributed by atoms with van der Waals surface area (Å²) in [6, 6.07) is 0.206. The van der Waals surface area contributed by atoms with E-state index in [-0.39, 0.29) is 24.7 Å². The Kier molecular flexibility index (Phi) is 9.63. The SMILES string of the molecule is CCOc1cnc(NC(=O)N(C)[C@H]2CN(c3nccc(OC(=O)NCC4CCN(C)CC4)n3)CC[C@H]2F)cn1. The molecule has 14 heteroatoms. The lowest BCUT2D eigenvalue weighted by Crippen LogP contribution is -2.55. The third-order valence-electron chi connectivity index (χ3n) is 6.94. The van der Waals surface area contributed by atoms with Gasteiger partial charge in [-0.15, -0.1) is 0 Å². The Morgan fingerprint density at radius 1 is 1.13 bits per heavy atom. The highest BCUT2D eigenvalue weighted by Gasteiger charge is 2.35. The largest absolute Gasteiger partial charge is 0.477 e. The number of anilines is 2. The molecule has 4 rings (SSSR count). The fraction of sp³-hybridized carbons (Fsp3) is 0.600. The van der Waals surface area contributed by atoms with Gasteiger partial charge in [0.2, 0.25) is 17.7 Å². The predicted molar refractivity (Wildman–Crippen MR) is 142 cm³/mol. The van der Waals surface area contributed by atoms with Crippen LogP contribution in [0.25, 0.3) is 0 Å². The van der Waals surface area contributed by atoms with Crippen molar-refractivity contribution in [2.24, 2.45) is 5.92 Å². The van der Waals surface area contributed by atoms with E-state index in [1.165, 1.54) is 36.6 Å². The van der Waals surface area contributed by atoms with Gasteiger partial charge in [0.1, 0.15) is 6.17 Å². The molecule has 2 aromatic rings. The second-order valence-corrected chi connectivity index (χ2v) is 9.74. The Morgan fingerprint density at radius 2 is 1.92 bits per heavy atom. The lowest BCUT2D eigenvalue weighted by atomic mass is 9.97. The first-order chi connectivity index (χ1) is 18.8. The molecule has 0 bridgehead atoms. The zero-order valence-electron chi connectivity index (χ0n) is 22.5. The number of alkyl halides is 1. The van der Waals surface area contributed by atoms with Gasteiger partial charge in [-0.05, 0) is 52.2 Å². The quantitative estimate of drug-likeness (QED) is 0.508. The molecule has 3 amide bonds. The molecular weight excluding hydrogens is 509 g/mol. The standard InChI is InChI=1S/C25H36FN9O4/c1-4-38-22-15-28-20(14-29-22)31-24(36)34(3)19-16-35(12-8-18(19)26)23-27-9-5-21(32-23)39-25(37)30-13-17-6-10-33(2)11-7-17/h5,9,14-15,17-19H,4,6-8,10-13,16H2,1-3H3,(H,30,37)(H,28,31,36)/t18-,19+/m1/s1. The molecule has 2 saturated heterocycles. The fourth-order valence-electron chi connectivity index (χ4n) is 4.57. The van der Waals surface area contributed by atoms with Crippen molar-refractivity contribution < 1.29 is 23.5 Å². The number of likely N-dealkylation sites (N-methyl/N-ethyl adjacent to an activating group) is 1. The van der Waals surface area contributed by atoms with Crippen molar-refractivity contribution in [3.05, 3.63) is 24.7 Å². The van der Waals surface area contributed by atoms with Gasteiger partial charge in [-0.2, -0.15) is 4.98 Å². The summed E-state index contributed by atoms with van der Waals surface area (Å²) in [5.41, 5.74) is 0. The summed E-state index contributed by atoms with van der Waals surface area (Å²) in [6.45, 7) is 5.36. The smallest absolute Gasteiger partial charge is 0.413 e. The molecule has 2 aliphatic rings. The van der Waals surface area contributed by atoms with E-state index < -0.39 is 24.3 Å². The summed E-state index contributed by atoms with van der Waals surface area (Å²) in [6.07, 6.45) is 4.68. The summed E-state index contributed by atoms with van der Waals surface area (Å²) < 4.78 is 25.5. The maximum absolute atomic E-state index is 14.9. The summed E-state index contributed by atoms with van der Waals surface area (Å²) >= 11 is 0. The van der Waals surface area contributed by atoms with E-state index in [0.29, 0.717) is 37.4 Å². The number of hydrogen-bond acceptors (Lipinski definition) is 10. The van der Waals surface area contributed by atoms with Crippen LogP contribution in [0.3, 0.4) is 0 Å². The van der Waals surface area contributed by atoms with Crippen LogP contribution in [0.1, 0.15) is 26.2 Å². The lowest BCUT2D eigenvalue weighted by Gasteiger charge is -2.39. The van der Waals surface area contributed by atoms with Gasteiger partial charge in [-0.3, -0.25) is 5.32 Å². The Bertz CT molecular complexity index is 1100. The number of amides is 3. The van der Waals surface area contributed by atoms with E-state index in [1.54, 1.807) is 4.90 Å². The predicted octanol–water partition coefficient (Wildman–Crippen LogP) is 2.18. The van der Waals surface area contributed by atoms with E-state index in [0.717, 1.165) is 25.9 Å². The molecule has 0 aromatic carbocycles. The monoisotopic (exact) mass is 545 g/mol. The van der Waals surface area contributed by atoms with E-state index in [2.05, 4.69) is 42.5 Å². The molecule has 13 nitrogen and oxygen atoms in total. The average Bonchev–Trinajstić information content (AvgIpc) is 2.94. The first kappa shape index (κ1) is 28.2. The van der Waals surface area contributed by atoms with Crippen molar-refractivity contribution in [2.75, 3.05) is 63.6 Å². The number of nitrogens with zero attached hydrogens (tertiary/aromatic N) is 7. The maximum Gasteiger partial charge on any atom is 0.413 e. The molecule has 39 heavy (non-hydrogen) atoms. The van der Waals surface area contributed by atoms with Crippen molar-refractivity contribution in [1.29, 1.82) is 0 Å². The number of hydrogen-bond donors (Lipinski definition) is 2. The number of aromatic nitrogens is 4. The van der Waals surface area contributed by atoms with Crippen LogP contribution in [0.2, 0.25) is 0 Å². The minimum Gasteiger partial charge on any atom is -0.477 e. The maximum atomic E-state index is 14.9. The lowest BCUT2D eigenvalue weighted by molar-refractivity contribution is 0.133. The number of carbonyl (C=O) groups is 2. The summed E-state index contributed by atoms with van der Waals surface area (Å²) in [5.74, 6) is 1.38. The van der Waals surface area contributed by atoms with Crippen molar-refractivity contribution in [3.8, 4) is 11.8 Å². The van der Waals surface area contributed by atoms with Crippen LogP contribution in [0.5, 0.6) is 11.8 Å². The molecule has 0 radical (unpaired) electrons. The summed E-state index contributed by atoms with van der Waals surface area (Å²) in [5, 5.41) is 5.44. The molecule has 0 aliphatic carbocycles. The molecular formula is C25H36FN9O4. The van der Waals surface area contributed by atoms with Crippen molar-refractivity contribution in [1.82, 2.24) is 35.1 Å². The molecule has 2 fully saturated rings. The molecule has 212 valence electrons. The summed E-state index contributed by atoms with van der Waals surface area (Å²) in [4.78, 5) is 47.3. The van der Waals surface area contributed by atoms with E-state index >= 15 is 0 Å².